The van der Waals surface area contributed by atoms with Crippen molar-refractivity contribution in [1.29, 1.82) is 0 Å². The number of anilines is 2. The predicted molar refractivity (Wildman–Crippen MR) is 184 cm³/mol. The van der Waals surface area contributed by atoms with Gasteiger partial charge >= 0.3 is 0 Å². The number of ether oxygens (including phenoxy) is 2. The summed E-state index contributed by atoms with van der Waals surface area (Å²) < 4.78 is 11.2. The summed E-state index contributed by atoms with van der Waals surface area (Å²) in [7, 11) is 11.5. The second-order valence-electron chi connectivity index (χ2n) is 10.9. The maximum absolute atomic E-state index is 11.0. The van der Waals surface area contributed by atoms with E-state index in [4.69, 9.17) is 9.47 Å². The molecule has 2 rings (SSSR count). The van der Waals surface area contributed by atoms with E-state index in [1.54, 1.807) is 27.2 Å². The van der Waals surface area contributed by atoms with Crippen molar-refractivity contribution >= 4 is 23.4 Å². The number of benzene rings is 2. The van der Waals surface area contributed by atoms with E-state index in [1.807, 2.05) is 54.2 Å². The molecule has 0 heterocycles. The molecule has 0 fully saturated rings. The number of hydrogen-bond donors (Lipinski definition) is 0. The number of methoxy groups -OCH3 is 2. The van der Waals surface area contributed by atoms with E-state index in [-0.39, 0.29) is 29.8 Å². The standard InChI is InChI=1S/C19H27NO2.C16H23NO2.C2H4/c1-14(7-8-16(3)21)13-15(2)19(22-6)17-9-11-18(12-10-17)20(4)5;1-12(11-18)10-13(2)16(19-5)14-6-8-15(9-7-14)17(3)4;1-2/h7-13,15,19H,1-6H3;6-11,13,16H,1-5H3;1-2H2/b8-7+,14-13+;12-10+;. The highest BCUT2D eigenvalue weighted by molar-refractivity contribution is 5.87. The molecule has 0 aliphatic carbocycles. The number of nitrogens with zero attached hydrogens (tertiary/aromatic N) is 2. The van der Waals surface area contributed by atoms with Crippen molar-refractivity contribution in [2.75, 3.05) is 52.2 Å². The van der Waals surface area contributed by atoms with Gasteiger partial charge in [-0.15, -0.1) is 13.2 Å². The van der Waals surface area contributed by atoms with Crippen molar-refractivity contribution in [3.8, 4) is 0 Å². The van der Waals surface area contributed by atoms with Crippen LogP contribution >= 0.6 is 0 Å². The lowest BCUT2D eigenvalue weighted by atomic mass is 9.95. The summed E-state index contributed by atoms with van der Waals surface area (Å²) in [6, 6.07) is 16.7. The maximum atomic E-state index is 11.0. The van der Waals surface area contributed by atoms with Crippen LogP contribution in [0.15, 0.2) is 97.1 Å². The highest BCUT2D eigenvalue weighted by Gasteiger charge is 2.18. The molecule has 6 nitrogen and oxygen atoms in total. The van der Waals surface area contributed by atoms with Crippen LogP contribution < -0.4 is 9.80 Å². The van der Waals surface area contributed by atoms with Gasteiger partial charge in [0.05, 0.1) is 12.2 Å². The van der Waals surface area contributed by atoms with Gasteiger partial charge in [-0.2, -0.15) is 0 Å². The molecular formula is C37H54N2O4. The van der Waals surface area contributed by atoms with Crippen molar-refractivity contribution in [2.24, 2.45) is 11.8 Å². The lowest BCUT2D eigenvalue weighted by Gasteiger charge is -2.22. The van der Waals surface area contributed by atoms with E-state index < -0.39 is 0 Å². The second kappa shape index (κ2) is 21.0. The topological polar surface area (TPSA) is 59.1 Å². The lowest BCUT2D eigenvalue weighted by molar-refractivity contribution is -0.112. The Balaban J connectivity index is 0.000000783. The number of carbonyl (C=O) groups excluding carboxylic acids is 2. The molecule has 2 aromatic carbocycles. The van der Waals surface area contributed by atoms with Crippen molar-refractivity contribution in [3.63, 3.8) is 0 Å². The fourth-order valence-electron chi connectivity index (χ4n) is 4.58. The summed E-state index contributed by atoms with van der Waals surface area (Å²) in [6.07, 6.45) is 8.35. The summed E-state index contributed by atoms with van der Waals surface area (Å²) in [5.74, 6) is 0.426. The van der Waals surface area contributed by atoms with Crippen LogP contribution in [-0.2, 0) is 19.1 Å². The first-order valence-corrected chi connectivity index (χ1v) is 14.4. The van der Waals surface area contributed by atoms with Crippen molar-refractivity contribution in [2.45, 2.75) is 46.8 Å². The minimum absolute atomic E-state index is 0.00288. The van der Waals surface area contributed by atoms with Crippen molar-refractivity contribution in [3.05, 3.63) is 108 Å². The number of aldehydes is 1. The number of allylic oxidation sites excluding steroid dienone is 4. The quantitative estimate of drug-likeness (QED) is 0.101. The van der Waals surface area contributed by atoms with Crippen molar-refractivity contribution < 1.29 is 19.1 Å². The van der Waals surface area contributed by atoms with Crippen LogP contribution in [0.25, 0.3) is 0 Å². The van der Waals surface area contributed by atoms with E-state index in [0.29, 0.717) is 0 Å². The first kappa shape index (κ1) is 39.3. The Labute approximate surface area is 261 Å². The summed E-state index contributed by atoms with van der Waals surface area (Å²) >= 11 is 0. The van der Waals surface area contributed by atoms with E-state index in [0.717, 1.165) is 34.2 Å². The Morgan fingerprint density at radius 1 is 0.674 bits per heavy atom. The Hall–Kier alpha value is -3.74. The summed E-state index contributed by atoms with van der Waals surface area (Å²) in [5.41, 5.74) is 6.40. The first-order valence-electron chi connectivity index (χ1n) is 14.4. The van der Waals surface area contributed by atoms with Crippen LogP contribution in [-0.4, -0.2) is 54.5 Å². The third-order valence-corrected chi connectivity index (χ3v) is 6.76. The normalized spacial score (nSPS) is 14.3. The fraction of sp³-hybridized carbons (Fsp3) is 0.405. The van der Waals surface area contributed by atoms with E-state index in [2.05, 4.69) is 91.4 Å². The Kier molecular flexibility index (Phi) is 19.2. The Morgan fingerprint density at radius 3 is 1.30 bits per heavy atom. The van der Waals surface area contributed by atoms with Gasteiger partial charge in [-0.1, -0.05) is 61.9 Å². The molecule has 0 amide bonds. The monoisotopic (exact) mass is 590 g/mol. The van der Waals surface area contributed by atoms with Gasteiger partial charge in [0, 0.05) is 65.6 Å². The van der Waals surface area contributed by atoms with Gasteiger partial charge in [0.2, 0.25) is 0 Å². The minimum atomic E-state index is -0.0360. The minimum Gasteiger partial charge on any atom is -0.378 e. The van der Waals surface area contributed by atoms with Crippen molar-refractivity contribution in [1.82, 2.24) is 0 Å². The molecule has 236 valence electrons. The van der Waals surface area contributed by atoms with Gasteiger partial charge in [-0.05, 0) is 67.8 Å². The fourth-order valence-corrected chi connectivity index (χ4v) is 4.58. The number of carbonyl (C=O) groups is 2. The molecule has 6 heteroatoms. The lowest BCUT2D eigenvalue weighted by Crippen LogP contribution is -2.12. The van der Waals surface area contributed by atoms with E-state index in [1.165, 1.54) is 5.69 Å². The molecule has 0 saturated heterocycles. The number of ketones is 1. The van der Waals surface area contributed by atoms with Gasteiger partial charge < -0.3 is 19.3 Å². The Bertz CT molecular complexity index is 1180. The number of hydrogen-bond acceptors (Lipinski definition) is 6. The first-order chi connectivity index (χ1) is 20.3. The molecule has 2 aromatic rings. The van der Waals surface area contributed by atoms with Crippen LogP contribution in [0.4, 0.5) is 11.4 Å². The summed E-state index contributed by atoms with van der Waals surface area (Å²) in [4.78, 5) is 25.8. The highest BCUT2D eigenvalue weighted by Crippen LogP contribution is 2.29. The van der Waals surface area contributed by atoms with Crippen LogP contribution in [0.5, 0.6) is 0 Å². The third-order valence-electron chi connectivity index (χ3n) is 6.76. The molecule has 4 atom stereocenters. The molecule has 43 heavy (non-hydrogen) atoms. The van der Waals surface area contributed by atoms with Gasteiger partial charge in [0.1, 0.15) is 6.29 Å². The predicted octanol–water partition coefficient (Wildman–Crippen LogP) is 8.19. The zero-order valence-electron chi connectivity index (χ0n) is 28.3. The number of rotatable bonds is 13. The van der Waals surface area contributed by atoms with E-state index >= 15 is 0 Å². The van der Waals surface area contributed by atoms with Gasteiger partial charge in [0.15, 0.2) is 5.78 Å². The van der Waals surface area contributed by atoms with Gasteiger partial charge in [0.25, 0.3) is 0 Å². The molecule has 0 spiro atoms. The molecule has 0 aromatic heterocycles. The average molecular weight is 591 g/mol. The van der Waals surface area contributed by atoms with Crippen LogP contribution in [0, 0.1) is 11.8 Å². The third kappa shape index (κ3) is 14.3. The molecule has 0 aliphatic rings. The van der Waals surface area contributed by atoms with Crippen LogP contribution in [0.3, 0.4) is 0 Å². The van der Waals surface area contributed by atoms with Gasteiger partial charge in [-0.25, -0.2) is 0 Å². The zero-order chi connectivity index (χ0) is 33.1. The molecule has 0 aliphatic heterocycles. The zero-order valence-corrected chi connectivity index (χ0v) is 28.3. The maximum Gasteiger partial charge on any atom is 0.152 e. The molecule has 0 bridgehead atoms. The largest absolute Gasteiger partial charge is 0.378 e. The second-order valence-corrected chi connectivity index (χ2v) is 10.9. The molecular weight excluding hydrogens is 536 g/mol. The highest BCUT2D eigenvalue weighted by atomic mass is 16.5. The molecule has 4 unspecified atom stereocenters. The smallest absolute Gasteiger partial charge is 0.152 e. The molecule has 0 radical (unpaired) electrons. The molecule has 0 saturated carbocycles. The SMILES string of the molecule is C=C.COC(c1ccc(N(C)C)cc1)C(C)/C=C(C)/C=C/C(C)=O.COC(c1ccc(N(C)C)cc1)C(C)/C=C(\C)C=O. The van der Waals surface area contributed by atoms with Crippen LogP contribution in [0.2, 0.25) is 0 Å². The van der Waals surface area contributed by atoms with Crippen LogP contribution in [0.1, 0.15) is 58.0 Å². The summed E-state index contributed by atoms with van der Waals surface area (Å²) in [5, 5.41) is 0. The van der Waals surface area contributed by atoms with Gasteiger partial charge in [-0.3, -0.25) is 9.59 Å². The average Bonchev–Trinajstić information content (AvgIpc) is 2.98. The Morgan fingerprint density at radius 2 is 1.02 bits per heavy atom. The van der Waals surface area contributed by atoms with E-state index in [9.17, 15) is 9.59 Å². The molecule has 0 N–H and O–H groups in total. The summed E-state index contributed by atoms with van der Waals surface area (Å²) in [6.45, 7) is 15.5.